The molecule has 1 saturated carbocycles. The minimum absolute atomic E-state index is 0.149. The summed E-state index contributed by atoms with van der Waals surface area (Å²) in [6.45, 7) is 3.70. The summed E-state index contributed by atoms with van der Waals surface area (Å²) < 4.78 is 40.1. The first-order valence-corrected chi connectivity index (χ1v) is 9.89. The predicted molar refractivity (Wildman–Crippen MR) is 102 cm³/mol. The van der Waals surface area contributed by atoms with Crippen molar-refractivity contribution in [2.24, 2.45) is 5.73 Å². The standard InChI is InChI=1S/C20H20F2N2O3S/c1-10-14(28-9-24-10)8-26-13-5-4-12-16(15(18(23)25)11(2)27-12)17(13)20(19(21)22)6-3-7-20/h4-5,9,19H,3,6-8H2,1-2H3,(H2,23,25). The van der Waals surface area contributed by atoms with Crippen molar-refractivity contribution in [1.29, 1.82) is 0 Å². The fourth-order valence-corrected chi connectivity index (χ4v) is 4.63. The van der Waals surface area contributed by atoms with E-state index in [-0.39, 0.29) is 12.2 Å². The zero-order valence-corrected chi connectivity index (χ0v) is 16.4. The number of halogens is 2. The molecule has 0 saturated heterocycles. The van der Waals surface area contributed by atoms with Crippen molar-refractivity contribution >= 4 is 28.2 Å². The second-order valence-corrected chi connectivity index (χ2v) is 8.11. The number of amides is 1. The van der Waals surface area contributed by atoms with Crippen LogP contribution in [0.5, 0.6) is 5.75 Å². The molecule has 28 heavy (non-hydrogen) atoms. The predicted octanol–water partition coefficient (Wildman–Crippen LogP) is 4.87. The quantitative estimate of drug-likeness (QED) is 0.633. The maximum Gasteiger partial charge on any atom is 0.252 e. The first kappa shape index (κ1) is 18.9. The SMILES string of the molecule is Cc1ncsc1COc1ccc2oc(C)c(C(N)=O)c2c1C1(C(F)F)CCC1. The second-order valence-electron chi connectivity index (χ2n) is 7.17. The summed E-state index contributed by atoms with van der Waals surface area (Å²) >= 11 is 1.45. The molecule has 1 amide bonds. The Balaban J connectivity index is 1.91. The number of primary amides is 1. The van der Waals surface area contributed by atoms with Gasteiger partial charge in [0.1, 0.15) is 23.7 Å². The number of carbonyl (C=O) groups is 1. The summed E-state index contributed by atoms with van der Waals surface area (Å²) in [5, 5.41) is 0.350. The monoisotopic (exact) mass is 406 g/mol. The van der Waals surface area contributed by atoms with Gasteiger partial charge in [0, 0.05) is 10.9 Å². The fourth-order valence-electron chi connectivity index (χ4n) is 3.94. The number of furan rings is 1. The van der Waals surface area contributed by atoms with Crippen LogP contribution in [0.3, 0.4) is 0 Å². The van der Waals surface area contributed by atoms with E-state index in [0.717, 1.165) is 10.6 Å². The molecule has 4 rings (SSSR count). The minimum Gasteiger partial charge on any atom is -0.488 e. The van der Waals surface area contributed by atoms with Crippen molar-refractivity contribution in [2.75, 3.05) is 0 Å². The summed E-state index contributed by atoms with van der Waals surface area (Å²) in [7, 11) is 0. The van der Waals surface area contributed by atoms with Crippen LogP contribution in [0.1, 0.15) is 51.5 Å². The van der Waals surface area contributed by atoms with E-state index in [1.165, 1.54) is 11.3 Å². The van der Waals surface area contributed by atoms with Crippen LogP contribution in [-0.4, -0.2) is 17.3 Å². The minimum atomic E-state index is -2.59. The first-order valence-electron chi connectivity index (χ1n) is 9.01. The Morgan fingerprint density at radius 1 is 1.39 bits per heavy atom. The third-order valence-electron chi connectivity index (χ3n) is 5.61. The summed E-state index contributed by atoms with van der Waals surface area (Å²) in [6.07, 6.45) is -1.25. The van der Waals surface area contributed by atoms with Gasteiger partial charge in [-0.15, -0.1) is 11.3 Å². The number of hydrogen-bond donors (Lipinski definition) is 1. The van der Waals surface area contributed by atoms with E-state index in [1.807, 2.05) is 6.92 Å². The highest BCUT2D eigenvalue weighted by atomic mass is 32.1. The second kappa shape index (κ2) is 6.84. The van der Waals surface area contributed by atoms with Gasteiger partial charge in [0.2, 0.25) is 6.43 Å². The highest BCUT2D eigenvalue weighted by Crippen LogP contribution is 2.54. The largest absolute Gasteiger partial charge is 0.488 e. The van der Waals surface area contributed by atoms with Crippen LogP contribution in [-0.2, 0) is 12.0 Å². The molecular formula is C20H20F2N2O3S. The first-order chi connectivity index (χ1) is 13.3. The number of benzene rings is 1. The molecule has 3 aromatic rings. The summed E-state index contributed by atoms with van der Waals surface area (Å²) in [5.74, 6) is -0.0387. The lowest BCUT2D eigenvalue weighted by Crippen LogP contribution is -2.42. The number of hydrogen-bond acceptors (Lipinski definition) is 5. The summed E-state index contributed by atoms with van der Waals surface area (Å²) in [6, 6.07) is 3.29. The van der Waals surface area contributed by atoms with Gasteiger partial charge < -0.3 is 14.9 Å². The van der Waals surface area contributed by atoms with E-state index >= 15 is 0 Å². The molecule has 1 aromatic carbocycles. The van der Waals surface area contributed by atoms with Crippen LogP contribution in [0, 0.1) is 13.8 Å². The molecule has 2 heterocycles. The molecule has 1 aliphatic rings. The number of nitrogens with zero attached hydrogens (tertiary/aromatic N) is 1. The van der Waals surface area contributed by atoms with Gasteiger partial charge in [-0.05, 0) is 38.8 Å². The van der Waals surface area contributed by atoms with Crippen LogP contribution < -0.4 is 10.5 Å². The lowest BCUT2D eigenvalue weighted by atomic mass is 9.63. The molecule has 2 aromatic heterocycles. The van der Waals surface area contributed by atoms with Crippen molar-refractivity contribution < 1.29 is 22.7 Å². The molecule has 0 bridgehead atoms. The van der Waals surface area contributed by atoms with Crippen molar-refractivity contribution in [1.82, 2.24) is 4.98 Å². The molecule has 0 spiro atoms. The molecule has 148 valence electrons. The average Bonchev–Trinajstić information content (AvgIpc) is 3.14. The Labute approximate surface area is 164 Å². The van der Waals surface area contributed by atoms with Gasteiger partial charge in [-0.25, -0.2) is 13.8 Å². The lowest BCUT2D eigenvalue weighted by Gasteiger charge is -2.42. The normalized spacial score (nSPS) is 15.8. The number of fused-ring (bicyclic) bond motifs is 1. The van der Waals surface area contributed by atoms with Crippen molar-refractivity contribution in [2.45, 2.75) is 51.6 Å². The third-order valence-corrected chi connectivity index (χ3v) is 6.51. The zero-order valence-electron chi connectivity index (χ0n) is 15.6. The molecule has 0 unspecified atom stereocenters. The van der Waals surface area contributed by atoms with Gasteiger partial charge >= 0.3 is 0 Å². The van der Waals surface area contributed by atoms with Crippen molar-refractivity contribution in [3.8, 4) is 5.75 Å². The Hall–Kier alpha value is -2.48. The van der Waals surface area contributed by atoms with Crippen molar-refractivity contribution in [3.05, 3.63) is 45.1 Å². The number of nitrogens with two attached hydrogens (primary N) is 1. The van der Waals surface area contributed by atoms with Gasteiger partial charge in [-0.3, -0.25) is 4.79 Å². The molecule has 8 heteroatoms. The van der Waals surface area contributed by atoms with Gasteiger partial charge in [-0.1, -0.05) is 6.42 Å². The Kier molecular flexibility index (Phi) is 4.61. The molecule has 1 aliphatic carbocycles. The molecule has 2 N–H and O–H groups in total. The van der Waals surface area contributed by atoms with E-state index in [1.54, 1.807) is 24.6 Å². The Morgan fingerprint density at radius 2 is 2.14 bits per heavy atom. The summed E-state index contributed by atoms with van der Waals surface area (Å²) in [5.41, 5.74) is 7.61. The fraction of sp³-hybridized carbons (Fsp3) is 0.400. The molecular weight excluding hydrogens is 386 g/mol. The number of thiazole rings is 1. The average molecular weight is 406 g/mol. The Morgan fingerprint density at radius 3 is 2.68 bits per heavy atom. The number of aryl methyl sites for hydroxylation is 2. The molecule has 5 nitrogen and oxygen atoms in total. The van der Waals surface area contributed by atoms with E-state index in [4.69, 9.17) is 14.9 Å². The van der Waals surface area contributed by atoms with Crippen molar-refractivity contribution in [3.63, 3.8) is 0 Å². The van der Waals surface area contributed by atoms with E-state index in [0.29, 0.717) is 47.3 Å². The highest BCUT2D eigenvalue weighted by Gasteiger charge is 2.50. The molecule has 0 radical (unpaired) electrons. The topological polar surface area (TPSA) is 78.3 Å². The maximum atomic E-state index is 14.2. The molecule has 0 aliphatic heterocycles. The number of carbonyl (C=O) groups excluding carboxylic acids is 1. The Bertz CT molecular complexity index is 1050. The van der Waals surface area contributed by atoms with Gasteiger partial charge in [0.15, 0.2) is 0 Å². The number of ether oxygens (including phenoxy) is 1. The molecule has 1 fully saturated rings. The van der Waals surface area contributed by atoms with Gasteiger partial charge in [-0.2, -0.15) is 0 Å². The molecule has 0 atom stereocenters. The van der Waals surface area contributed by atoms with Gasteiger partial charge in [0.25, 0.3) is 5.91 Å². The lowest BCUT2D eigenvalue weighted by molar-refractivity contribution is -0.0000326. The number of rotatable bonds is 6. The summed E-state index contributed by atoms with van der Waals surface area (Å²) in [4.78, 5) is 17.2. The van der Waals surface area contributed by atoms with Crippen LogP contribution in [0.4, 0.5) is 8.78 Å². The van der Waals surface area contributed by atoms with Crippen LogP contribution >= 0.6 is 11.3 Å². The number of alkyl halides is 2. The third kappa shape index (κ3) is 2.78. The zero-order chi connectivity index (χ0) is 20.1. The van der Waals surface area contributed by atoms with E-state index in [2.05, 4.69) is 4.98 Å². The van der Waals surface area contributed by atoms with Crippen LogP contribution in [0.15, 0.2) is 22.1 Å². The van der Waals surface area contributed by atoms with Gasteiger partial charge in [0.05, 0.1) is 27.1 Å². The van der Waals surface area contributed by atoms with Crippen LogP contribution in [0.2, 0.25) is 0 Å². The van der Waals surface area contributed by atoms with E-state index < -0.39 is 17.7 Å². The number of aromatic nitrogens is 1. The van der Waals surface area contributed by atoms with Crippen LogP contribution in [0.25, 0.3) is 11.0 Å². The highest BCUT2D eigenvalue weighted by molar-refractivity contribution is 7.09. The smallest absolute Gasteiger partial charge is 0.252 e. The van der Waals surface area contributed by atoms with E-state index in [9.17, 15) is 13.6 Å². The maximum absolute atomic E-state index is 14.2.